The number of amides is 1. The van der Waals surface area contributed by atoms with Crippen molar-refractivity contribution in [1.82, 2.24) is 14.9 Å². The van der Waals surface area contributed by atoms with Gasteiger partial charge in [-0.15, -0.1) is 0 Å². The molecule has 0 saturated heterocycles. The molecule has 0 bridgehead atoms. The second-order valence-electron chi connectivity index (χ2n) is 6.84. The number of nitrogens with zero attached hydrogens (tertiary/aromatic N) is 2. The molecule has 0 aliphatic rings. The molecule has 0 aliphatic heterocycles. The first kappa shape index (κ1) is 23.6. The zero-order valence-electron chi connectivity index (χ0n) is 18.0. The molecule has 2 aromatic carbocycles. The molecule has 0 radical (unpaired) electrons. The maximum Gasteiger partial charge on any atom is 0.262 e. The summed E-state index contributed by atoms with van der Waals surface area (Å²) in [4.78, 5) is 29.6. The van der Waals surface area contributed by atoms with Crippen molar-refractivity contribution in [2.24, 2.45) is 0 Å². The highest BCUT2D eigenvalue weighted by molar-refractivity contribution is 7.99. The van der Waals surface area contributed by atoms with Gasteiger partial charge < -0.3 is 19.9 Å². The fraction of sp³-hybridized carbons (Fsp3) is 0.348. The summed E-state index contributed by atoms with van der Waals surface area (Å²) in [6, 6.07) is 14.4. The molecule has 0 fully saturated rings. The Morgan fingerprint density at radius 3 is 2.56 bits per heavy atom. The van der Waals surface area contributed by atoms with Gasteiger partial charge in [-0.05, 0) is 49.7 Å². The third-order valence-corrected chi connectivity index (χ3v) is 5.50. The average Bonchev–Trinajstić information content (AvgIpc) is 2.81. The van der Waals surface area contributed by atoms with E-state index in [1.165, 1.54) is 16.3 Å². The lowest BCUT2D eigenvalue weighted by Crippen LogP contribution is -2.30. The van der Waals surface area contributed by atoms with Gasteiger partial charge in [-0.25, -0.2) is 4.98 Å². The molecule has 0 saturated carbocycles. The molecule has 8 nitrogen and oxygen atoms in total. The molecule has 0 atom stereocenters. The molecule has 3 rings (SSSR count). The first-order valence-electron chi connectivity index (χ1n) is 10.5. The number of ether oxygens (including phenoxy) is 2. The quantitative estimate of drug-likeness (QED) is 0.245. The van der Waals surface area contributed by atoms with Gasteiger partial charge in [0.25, 0.3) is 5.56 Å². The SMILES string of the molecule is CCOc1ccc(OCCNC(=O)CSc2nc3ccccc3c(=O)n2CCCO)cc1. The molecule has 0 unspecified atom stereocenters. The fourth-order valence-electron chi connectivity index (χ4n) is 3.02. The lowest BCUT2D eigenvalue weighted by atomic mass is 10.2. The standard InChI is InChI=1S/C23H27N3O5S/c1-2-30-17-8-10-18(11-9-17)31-15-12-24-21(28)16-32-23-25-20-7-4-3-6-19(20)22(29)26(23)13-5-14-27/h3-4,6-11,27H,2,5,12-16H2,1H3,(H,24,28). The summed E-state index contributed by atoms with van der Waals surface area (Å²) in [5.74, 6) is 1.42. The van der Waals surface area contributed by atoms with E-state index in [1.807, 2.05) is 37.3 Å². The summed E-state index contributed by atoms with van der Waals surface area (Å²) in [6.45, 7) is 3.53. The molecule has 1 heterocycles. The first-order valence-corrected chi connectivity index (χ1v) is 11.5. The van der Waals surface area contributed by atoms with Gasteiger partial charge in [0, 0.05) is 13.2 Å². The lowest BCUT2D eigenvalue weighted by molar-refractivity contribution is -0.118. The van der Waals surface area contributed by atoms with Crippen molar-refractivity contribution < 1.29 is 19.4 Å². The van der Waals surface area contributed by atoms with Crippen LogP contribution in [0.25, 0.3) is 10.9 Å². The van der Waals surface area contributed by atoms with Gasteiger partial charge in [0.2, 0.25) is 5.91 Å². The van der Waals surface area contributed by atoms with Crippen LogP contribution in [0, 0.1) is 0 Å². The molecule has 0 spiro atoms. The largest absolute Gasteiger partial charge is 0.494 e. The number of nitrogens with one attached hydrogen (secondary N) is 1. The van der Waals surface area contributed by atoms with E-state index < -0.39 is 0 Å². The van der Waals surface area contributed by atoms with Crippen molar-refractivity contribution in [2.45, 2.75) is 25.0 Å². The Labute approximate surface area is 190 Å². The van der Waals surface area contributed by atoms with Gasteiger partial charge in [0.15, 0.2) is 5.16 Å². The van der Waals surface area contributed by atoms with Gasteiger partial charge in [-0.3, -0.25) is 14.2 Å². The first-order chi connectivity index (χ1) is 15.6. The minimum atomic E-state index is -0.179. The summed E-state index contributed by atoms with van der Waals surface area (Å²) in [7, 11) is 0. The van der Waals surface area contributed by atoms with Crippen molar-refractivity contribution in [2.75, 3.05) is 32.1 Å². The summed E-state index contributed by atoms with van der Waals surface area (Å²) < 4.78 is 12.5. The third kappa shape index (κ3) is 6.48. The molecule has 1 amide bonds. The van der Waals surface area contributed by atoms with Gasteiger partial charge in [0.1, 0.15) is 18.1 Å². The summed E-state index contributed by atoms with van der Waals surface area (Å²) in [5, 5.41) is 12.9. The van der Waals surface area contributed by atoms with Crippen molar-refractivity contribution in [3.05, 3.63) is 58.9 Å². The Kier molecular flexibility index (Phi) is 8.94. The van der Waals surface area contributed by atoms with Crippen LogP contribution >= 0.6 is 11.8 Å². The van der Waals surface area contributed by atoms with E-state index >= 15 is 0 Å². The third-order valence-electron chi connectivity index (χ3n) is 4.53. The van der Waals surface area contributed by atoms with E-state index in [9.17, 15) is 9.59 Å². The van der Waals surface area contributed by atoms with Crippen LogP contribution in [0.4, 0.5) is 0 Å². The highest BCUT2D eigenvalue weighted by Gasteiger charge is 2.13. The van der Waals surface area contributed by atoms with Crippen LogP contribution in [-0.2, 0) is 11.3 Å². The van der Waals surface area contributed by atoms with Crippen LogP contribution in [-0.4, -0.2) is 52.7 Å². The summed E-state index contributed by atoms with van der Waals surface area (Å²) in [5.41, 5.74) is 0.417. The van der Waals surface area contributed by atoms with Crippen LogP contribution in [0.2, 0.25) is 0 Å². The number of aliphatic hydroxyl groups excluding tert-OH is 1. The number of aliphatic hydroxyl groups is 1. The molecule has 170 valence electrons. The monoisotopic (exact) mass is 457 g/mol. The van der Waals surface area contributed by atoms with Crippen LogP contribution < -0.4 is 20.3 Å². The number of hydrogen-bond donors (Lipinski definition) is 2. The Bertz CT molecular complexity index is 1090. The predicted molar refractivity (Wildman–Crippen MR) is 125 cm³/mol. The molecule has 2 N–H and O–H groups in total. The van der Waals surface area contributed by atoms with Crippen LogP contribution in [0.5, 0.6) is 11.5 Å². The zero-order chi connectivity index (χ0) is 22.8. The molecular formula is C23H27N3O5S. The molecule has 32 heavy (non-hydrogen) atoms. The number of benzene rings is 2. The van der Waals surface area contributed by atoms with E-state index in [-0.39, 0.29) is 23.8 Å². The lowest BCUT2D eigenvalue weighted by Gasteiger charge is -2.13. The van der Waals surface area contributed by atoms with Crippen LogP contribution in [0.3, 0.4) is 0 Å². The van der Waals surface area contributed by atoms with Crippen LogP contribution in [0.15, 0.2) is 58.5 Å². The van der Waals surface area contributed by atoms with E-state index in [4.69, 9.17) is 14.6 Å². The predicted octanol–water partition coefficient (Wildman–Crippen LogP) is 2.46. The number of rotatable bonds is 12. The second kappa shape index (κ2) is 12.1. The zero-order valence-corrected chi connectivity index (χ0v) is 18.8. The number of carbonyl (C=O) groups excluding carboxylic acids is 1. The minimum absolute atomic E-state index is 0.0295. The van der Waals surface area contributed by atoms with Crippen molar-refractivity contribution >= 4 is 28.6 Å². The highest BCUT2D eigenvalue weighted by Crippen LogP contribution is 2.19. The Balaban J connectivity index is 1.52. The Morgan fingerprint density at radius 2 is 1.84 bits per heavy atom. The normalized spacial score (nSPS) is 10.8. The Hall–Kier alpha value is -3.04. The number of thioether (sulfide) groups is 1. The number of aromatic nitrogens is 2. The van der Waals surface area contributed by atoms with Gasteiger partial charge in [-0.1, -0.05) is 23.9 Å². The molecule has 9 heteroatoms. The maximum atomic E-state index is 12.8. The van der Waals surface area contributed by atoms with E-state index in [0.29, 0.717) is 54.5 Å². The number of para-hydroxylation sites is 1. The van der Waals surface area contributed by atoms with Crippen molar-refractivity contribution in [3.8, 4) is 11.5 Å². The molecule has 0 aliphatic carbocycles. The number of fused-ring (bicyclic) bond motifs is 1. The minimum Gasteiger partial charge on any atom is -0.494 e. The smallest absolute Gasteiger partial charge is 0.262 e. The topological polar surface area (TPSA) is 103 Å². The van der Waals surface area contributed by atoms with Gasteiger partial charge in [-0.2, -0.15) is 0 Å². The second-order valence-corrected chi connectivity index (χ2v) is 7.78. The summed E-state index contributed by atoms with van der Waals surface area (Å²) in [6.07, 6.45) is 0.433. The average molecular weight is 458 g/mol. The van der Waals surface area contributed by atoms with Crippen LogP contribution in [0.1, 0.15) is 13.3 Å². The van der Waals surface area contributed by atoms with E-state index in [0.717, 1.165) is 5.75 Å². The van der Waals surface area contributed by atoms with E-state index in [2.05, 4.69) is 10.3 Å². The highest BCUT2D eigenvalue weighted by atomic mass is 32.2. The van der Waals surface area contributed by atoms with Gasteiger partial charge in [0.05, 0.1) is 29.8 Å². The molecule has 1 aromatic heterocycles. The number of carbonyl (C=O) groups is 1. The molecular weight excluding hydrogens is 430 g/mol. The van der Waals surface area contributed by atoms with Gasteiger partial charge >= 0.3 is 0 Å². The van der Waals surface area contributed by atoms with Crippen molar-refractivity contribution in [1.29, 1.82) is 0 Å². The maximum absolute atomic E-state index is 12.8. The fourth-order valence-corrected chi connectivity index (χ4v) is 3.88. The summed E-state index contributed by atoms with van der Waals surface area (Å²) >= 11 is 1.20. The number of hydrogen-bond acceptors (Lipinski definition) is 7. The van der Waals surface area contributed by atoms with E-state index in [1.54, 1.807) is 18.2 Å². The molecule has 3 aromatic rings. The van der Waals surface area contributed by atoms with Crippen molar-refractivity contribution in [3.63, 3.8) is 0 Å². The Morgan fingerprint density at radius 1 is 1.12 bits per heavy atom.